The van der Waals surface area contributed by atoms with E-state index in [4.69, 9.17) is 0 Å². The Hall–Kier alpha value is -2.45. The first kappa shape index (κ1) is 22.2. The zero-order valence-electron chi connectivity index (χ0n) is 17.0. The summed E-state index contributed by atoms with van der Waals surface area (Å²) in [4.78, 5) is 26.6. The fraction of sp³-hybridized carbons (Fsp3) is 0.167. The molecular weight excluding hydrogens is 507 g/mol. The molecule has 6 heteroatoms. The maximum atomic E-state index is 12.9. The van der Waals surface area contributed by atoms with Crippen molar-refractivity contribution in [3.8, 4) is 0 Å². The van der Waals surface area contributed by atoms with E-state index in [0.717, 1.165) is 14.0 Å². The molecular formula is C24H23IN2O2S. The second-order valence-corrected chi connectivity index (χ2v) is 10.0. The van der Waals surface area contributed by atoms with E-state index in [1.54, 1.807) is 18.2 Å². The Labute approximate surface area is 194 Å². The third kappa shape index (κ3) is 6.03. The van der Waals surface area contributed by atoms with Crippen LogP contribution in [-0.2, 0) is 10.2 Å². The van der Waals surface area contributed by atoms with Crippen molar-refractivity contribution in [1.82, 2.24) is 5.32 Å². The molecule has 1 aromatic heterocycles. The average Bonchev–Trinajstić information content (AvgIpc) is 3.22. The molecule has 0 saturated carbocycles. The highest BCUT2D eigenvalue weighted by Gasteiger charge is 2.17. The van der Waals surface area contributed by atoms with Gasteiger partial charge in [-0.3, -0.25) is 9.59 Å². The molecule has 3 aromatic rings. The van der Waals surface area contributed by atoms with Gasteiger partial charge in [0, 0.05) is 19.7 Å². The van der Waals surface area contributed by atoms with Crippen molar-refractivity contribution in [3.63, 3.8) is 0 Å². The number of carbonyl (C=O) groups is 2. The summed E-state index contributed by atoms with van der Waals surface area (Å²) in [6.07, 6.45) is 1.69. The van der Waals surface area contributed by atoms with Crippen molar-refractivity contribution in [3.05, 3.63) is 91.3 Å². The van der Waals surface area contributed by atoms with Crippen LogP contribution in [0.2, 0.25) is 0 Å². The van der Waals surface area contributed by atoms with E-state index in [0.29, 0.717) is 11.3 Å². The summed E-state index contributed by atoms with van der Waals surface area (Å²) in [6, 6.07) is 18.7. The molecule has 0 saturated heterocycles. The number of anilines is 1. The van der Waals surface area contributed by atoms with Gasteiger partial charge in [-0.05, 0) is 87.5 Å². The molecule has 0 bridgehead atoms. The molecule has 3 rings (SSSR count). The van der Waals surface area contributed by atoms with Crippen LogP contribution in [0, 0.1) is 3.57 Å². The van der Waals surface area contributed by atoms with Gasteiger partial charge in [-0.2, -0.15) is 0 Å². The normalized spacial score (nSPS) is 11.8. The molecule has 154 valence electrons. The Morgan fingerprint density at radius 3 is 2.20 bits per heavy atom. The van der Waals surface area contributed by atoms with Gasteiger partial charge >= 0.3 is 0 Å². The van der Waals surface area contributed by atoms with Crippen LogP contribution >= 0.6 is 33.9 Å². The van der Waals surface area contributed by atoms with Crippen molar-refractivity contribution in [2.45, 2.75) is 26.2 Å². The van der Waals surface area contributed by atoms with E-state index in [1.165, 1.54) is 11.3 Å². The predicted molar refractivity (Wildman–Crippen MR) is 133 cm³/mol. The molecule has 0 spiro atoms. The van der Waals surface area contributed by atoms with Crippen molar-refractivity contribution in [2.24, 2.45) is 0 Å². The van der Waals surface area contributed by atoms with Gasteiger partial charge in [-0.15, -0.1) is 11.3 Å². The number of hydrogen-bond donors (Lipinski definition) is 2. The number of benzene rings is 2. The highest BCUT2D eigenvalue weighted by atomic mass is 127. The average molecular weight is 530 g/mol. The molecule has 2 N–H and O–H groups in total. The van der Waals surface area contributed by atoms with Crippen LogP contribution in [0.4, 0.5) is 5.69 Å². The smallest absolute Gasteiger partial charge is 0.272 e. The standard InChI is InChI=1S/C24H23IN2O2S/c1-24(2,3)17-8-6-16(7-9-17)22(28)27-21(15-20-5-4-14-30-20)23(29)26-19-12-10-18(25)11-13-19/h4-15H,1-3H3,(H,26,29)(H,27,28)/b21-15-. The lowest BCUT2D eigenvalue weighted by molar-refractivity contribution is -0.113. The van der Waals surface area contributed by atoms with E-state index in [9.17, 15) is 9.59 Å². The molecule has 0 aliphatic rings. The molecule has 0 unspecified atom stereocenters. The maximum Gasteiger partial charge on any atom is 0.272 e. The van der Waals surface area contributed by atoms with Gasteiger partial charge in [0.25, 0.3) is 11.8 Å². The van der Waals surface area contributed by atoms with Crippen LogP contribution in [0.1, 0.15) is 41.6 Å². The SMILES string of the molecule is CC(C)(C)c1ccc(C(=O)N/C(=C\c2cccs2)C(=O)Nc2ccc(I)cc2)cc1. The number of hydrogen-bond acceptors (Lipinski definition) is 3. The predicted octanol–water partition coefficient (Wildman–Crippen LogP) is 6.06. The lowest BCUT2D eigenvalue weighted by Crippen LogP contribution is -2.30. The highest BCUT2D eigenvalue weighted by molar-refractivity contribution is 14.1. The van der Waals surface area contributed by atoms with Crippen LogP contribution < -0.4 is 10.6 Å². The van der Waals surface area contributed by atoms with Crippen LogP contribution in [0.3, 0.4) is 0 Å². The van der Waals surface area contributed by atoms with Crippen LogP contribution in [-0.4, -0.2) is 11.8 Å². The minimum absolute atomic E-state index is 0.00657. The maximum absolute atomic E-state index is 12.9. The van der Waals surface area contributed by atoms with Gasteiger partial charge in [0.1, 0.15) is 5.70 Å². The monoisotopic (exact) mass is 530 g/mol. The Kier molecular flexibility index (Phi) is 7.10. The molecule has 0 atom stereocenters. The fourth-order valence-electron chi connectivity index (χ4n) is 2.72. The molecule has 0 aliphatic heterocycles. The molecule has 4 nitrogen and oxygen atoms in total. The van der Waals surface area contributed by atoms with Crippen molar-refractivity contribution in [2.75, 3.05) is 5.32 Å². The number of carbonyl (C=O) groups excluding carboxylic acids is 2. The Morgan fingerprint density at radius 2 is 1.63 bits per heavy atom. The second-order valence-electron chi connectivity index (χ2n) is 7.82. The van der Waals surface area contributed by atoms with Crippen molar-refractivity contribution >= 4 is 57.5 Å². The van der Waals surface area contributed by atoms with Gasteiger partial charge in [0.05, 0.1) is 0 Å². The zero-order chi connectivity index (χ0) is 21.7. The first-order valence-electron chi connectivity index (χ1n) is 9.46. The number of amides is 2. The summed E-state index contributed by atoms with van der Waals surface area (Å²) >= 11 is 3.70. The van der Waals surface area contributed by atoms with Gasteiger partial charge in [-0.25, -0.2) is 0 Å². The molecule has 0 fully saturated rings. The van der Waals surface area contributed by atoms with Gasteiger partial charge in [0.2, 0.25) is 0 Å². The number of halogens is 1. The summed E-state index contributed by atoms with van der Waals surface area (Å²) in [6.45, 7) is 6.37. The lowest BCUT2D eigenvalue weighted by atomic mass is 9.87. The van der Waals surface area contributed by atoms with Gasteiger partial charge in [-0.1, -0.05) is 39.0 Å². The summed E-state index contributed by atoms with van der Waals surface area (Å²) in [5.41, 5.74) is 2.52. The molecule has 1 heterocycles. The second kappa shape index (κ2) is 9.57. The minimum Gasteiger partial charge on any atom is -0.321 e. The number of rotatable bonds is 5. The van der Waals surface area contributed by atoms with Crippen LogP contribution in [0.25, 0.3) is 6.08 Å². The summed E-state index contributed by atoms with van der Waals surface area (Å²) in [7, 11) is 0. The van der Waals surface area contributed by atoms with E-state index in [-0.39, 0.29) is 22.9 Å². The lowest BCUT2D eigenvalue weighted by Gasteiger charge is -2.19. The van der Waals surface area contributed by atoms with Crippen LogP contribution in [0.15, 0.2) is 71.7 Å². The quantitative estimate of drug-likeness (QED) is 0.311. The number of nitrogens with one attached hydrogen (secondary N) is 2. The molecule has 30 heavy (non-hydrogen) atoms. The van der Waals surface area contributed by atoms with E-state index in [2.05, 4.69) is 54.0 Å². The Bertz CT molecular complexity index is 1050. The third-order valence-electron chi connectivity index (χ3n) is 4.44. The fourth-order valence-corrected chi connectivity index (χ4v) is 3.74. The third-order valence-corrected chi connectivity index (χ3v) is 5.98. The number of thiophene rings is 1. The van der Waals surface area contributed by atoms with E-state index < -0.39 is 0 Å². The molecule has 2 aromatic carbocycles. The first-order chi connectivity index (χ1) is 14.2. The first-order valence-corrected chi connectivity index (χ1v) is 11.4. The van der Waals surface area contributed by atoms with E-state index >= 15 is 0 Å². The molecule has 2 amide bonds. The molecule has 0 aliphatic carbocycles. The van der Waals surface area contributed by atoms with Gasteiger partial charge in [0.15, 0.2) is 0 Å². The Balaban J connectivity index is 1.81. The summed E-state index contributed by atoms with van der Waals surface area (Å²) in [5.74, 6) is -0.694. The largest absolute Gasteiger partial charge is 0.321 e. The summed E-state index contributed by atoms with van der Waals surface area (Å²) in [5, 5.41) is 7.55. The van der Waals surface area contributed by atoms with Crippen molar-refractivity contribution < 1.29 is 9.59 Å². The molecule has 0 radical (unpaired) electrons. The van der Waals surface area contributed by atoms with Crippen molar-refractivity contribution in [1.29, 1.82) is 0 Å². The summed E-state index contributed by atoms with van der Waals surface area (Å²) < 4.78 is 1.08. The minimum atomic E-state index is -0.371. The van der Waals surface area contributed by atoms with Crippen LogP contribution in [0.5, 0.6) is 0 Å². The van der Waals surface area contributed by atoms with E-state index in [1.807, 2.05) is 53.9 Å². The Morgan fingerprint density at radius 1 is 0.967 bits per heavy atom. The topological polar surface area (TPSA) is 58.2 Å². The highest BCUT2D eigenvalue weighted by Crippen LogP contribution is 2.22. The zero-order valence-corrected chi connectivity index (χ0v) is 20.0. The van der Waals surface area contributed by atoms with Gasteiger partial charge < -0.3 is 10.6 Å².